The van der Waals surface area contributed by atoms with Gasteiger partial charge in [-0.2, -0.15) is 13.2 Å². The summed E-state index contributed by atoms with van der Waals surface area (Å²) in [6, 6.07) is 2.46. The molecule has 2 aliphatic rings. The molecule has 3 rings (SSSR count). The van der Waals surface area contributed by atoms with Crippen LogP contribution in [0, 0.1) is 17.8 Å². The second-order valence-electron chi connectivity index (χ2n) is 7.28. The van der Waals surface area contributed by atoms with Crippen molar-refractivity contribution in [1.29, 1.82) is 0 Å². The second-order valence-corrected chi connectivity index (χ2v) is 8.64. The number of aromatic nitrogens is 1. The molecule has 5 atom stereocenters. The Hall–Kier alpha value is -1.24. The summed E-state index contributed by atoms with van der Waals surface area (Å²) in [7, 11) is 0. The highest BCUT2D eigenvalue weighted by Gasteiger charge is 2.42. The molecule has 2 fully saturated rings. The normalized spacial score (nSPS) is 28.0. The summed E-state index contributed by atoms with van der Waals surface area (Å²) in [6.45, 7) is 3.82. The lowest BCUT2D eigenvalue weighted by Gasteiger charge is -2.29. The SMILES string of the molecule is CC(Sc1ccc(C(F)(F)F)cn1)C(=O)NC(C)C1CC2CCC1C2. The van der Waals surface area contributed by atoms with E-state index in [1.165, 1.54) is 43.5 Å². The van der Waals surface area contributed by atoms with Gasteiger partial charge in [0.15, 0.2) is 0 Å². The van der Waals surface area contributed by atoms with Crippen molar-refractivity contribution in [2.24, 2.45) is 17.8 Å². The van der Waals surface area contributed by atoms with E-state index in [4.69, 9.17) is 0 Å². The van der Waals surface area contributed by atoms with Gasteiger partial charge in [0.1, 0.15) is 0 Å². The van der Waals surface area contributed by atoms with E-state index < -0.39 is 17.0 Å². The van der Waals surface area contributed by atoms with Crippen molar-refractivity contribution in [3.05, 3.63) is 23.9 Å². The number of thioether (sulfide) groups is 1. The summed E-state index contributed by atoms with van der Waals surface area (Å²) in [5.74, 6) is 2.04. The molecule has 1 heterocycles. The summed E-state index contributed by atoms with van der Waals surface area (Å²) < 4.78 is 37.7. The highest BCUT2D eigenvalue weighted by molar-refractivity contribution is 8.00. The molecule has 5 unspecified atom stereocenters. The number of carbonyl (C=O) groups is 1. The molecule has 2 aliphatic carbocycles. The highest BCUT2D eigenvalue weighted by Crippen LogP contribution is 2.49. The Kier molecular flexibility index (Phi) is 5.32. The molecule has 0 spiro atoms. The maximum atomic E-state index is 12.6. The van der Waals surface area contributed by atoms with Crippen molar-refractivity contribution >= 4 is 17.7 Å². The average molecular weight is 372 g/mol. The number of nitrogens with one attached hydrogen (secondary N) is 1. The number of alkyl halides is 3. The smallest absolute Gasteiger partial charge is 0.352 e. The van der Waals surface area contributed by atoms with E-state index in [1.54, 1.807) is 6.92 Å². The molecule has 2 saturated carbocycles. The van der Waals surface area contributed by atoms with Crippen LogP contribution in [0.3, 0.4) is 0 Å². The molecule has 1 amide bonds. The third kappa shape index (κ3) is 4.30. The first kappa shape index (κ1) is 18.5. The standard InChI is InChI=1S/C18H23F3N2OS/c1-10(15-8-12-3-4-13(15)7-12)23-17(24)11(2)25-16-6-5-14(9-22-16)18(19,20)21/h5-6,9-13,15H,3-4,7-8H2,1-2H3,(H,23,24). The van der Waals surface area contributed by atoms with Gasteiger partial charge in [-0.05, 0) is 63.0 Å². The number of amides is 1. The Morgan fingerprint density at radius 2 is 2.04 bits per heavy atom. The van der Waals surface area contributed by atoms with Crippen LogP contribution >= 0.6 is 11.8 Å². The first-order valence-electron chi connectivity index (χ1n) is 8.74. The van der Waals surface area contributed by atoms with E-state index in [2.05, 4.69) is 17.2 Å². The number of carbonyl (C=O) groups excluding carboxylic acids is 1. The van der Waals surface area contributed by atoms with Crippen LogP contribution in [0.5, 0.6) is 0 Å². The summed E-state index contributed by atoms with van der Waals surface area (Å²) in [5, 5.41) is 3.12. The van der Waals surface area contributed by atoms with Crippen molar-refractivity contribution in [1.82, 2.24) is 10.3 Å². The lowest BCUT2D eigenvalue weighted by molar-refractivity contribution is -0.137. The number of fused-ring (bicyclic) bond motifs is 2. The van der Waals surface area contributed by atoms with Crippen LogP contribution in [0.15, 0.2) is 23.4 Å². The van der Waals surface area contributed by atoms with Crippen LogP contribution in [0.25, 0.3) is 0 Å². The Morgan fingerprint density at radius 3 is 2.56 bits per heavy atom. The van der Waals surface area contributed by atoms with E-state index >= 15 is 0 Å². The molecule has 7 heteroatoms. The largest absolute Gasteiger partial charge is 0.417 e. The monoisotopic (exact) mass is 372 g/mol. The minimum atomic E-state index is -4.39. The Morgan fingerprint density at radius 1 is 1.28 bits per heavy atom. The van der Waals surface area contributed by atoms with Gasteiger partial charge in [0.05, 0.1) is 15.8 Å². The van der Waals surface area contributed by atoms with E-state index in [9.17, 15) is 18.0 Å². The number of rotatable bonds is 5. The van der Waals surface area contributed by atoms with Gasteiger partial charge in [0.25, 0.3) is 0 Å². The maximum Gasteiger partial charge on any atom is 0.417 e. The predicted octanol–water partition coefficient (Wildman–Crippen LogP) is 4.52. The van der Waals surface area contributed by atoms with E-state index in [-0.39, 0.29) is 11.9 Å². The third-order valence-corrected chi connectivity index (χ3v) is 6.59. The molecule has 0 aliphatic heterocycles. The molecule has 25 heavy (non-hydrogen) atoms. The Bertz CT molecular complexity index is 620. The molecule has 0 radical (unpaired) electrons. The quantitative estimate of drug-likeness (QED) is 0.773. The number of pyridine rings is 1. The third-order valence-electron chi connectivity index (χ3n) is 5.54. The molecule has 0 saturated heterocycles. The fraction of sp³-hybridized carbons (Fsp3) is 0.667. The fourth-order valence-corrected chi connectivity index (χ4v) is 5.00. The second kappa shape index (κ2) is 7.17. The van der Waals surface area contributed by atoms with E-state index in [0.717, 1.165) is 24.1 Å². The first-order chi connectivity index (χ1) is 11.7. The van der Waals surface area contributed by atoms with Gasteiger partial charge in [-0.1, -0.05) is 18.2 Å². The Labute approximate surface area is 150 Å². The number of hydrogen-bond donors (Lipinski definition) is 1. The summed E-state index contributed by atoms with van der Waals surface area (Å²) in [6.07, 6.45) is 1.52. The first-order valence-corrected chi connectivity index (χ1v) is 9.62. The number of halogens is 3. The minimum absolute atomic E-state index is 0.0815. The van der Waals surface area contributed by atoms with Crippen LogP contribution in [-0.4, -0.2) is 22.2 Å². The lowest BCUT2D eigenvalue weighted by Crippen LogP contribution is -2.43. The zero-order chi connectivity index (χ0) is 18.2. The molecular weight excluding hydrogens is 349 g/mol. The summed E-state index contributed by atoms with van der Waals surface area (Å²) >= 11 is 1.18. The van der Waals surface area contributed by atoms with Crippen LogP contribution in [0.4, 0.5) is 13.2 Å². The molecule has 0 aromatic carbocycles. The topological polar surface area (TPSA) is 42.0 Å². The van der Waals surface area contributed by atoms with Gasteiger partial charge in [0, 0.05) is 12.2 Å². The molecule has 1 aromatic rings. The molecule has 1 aromatic heterocycles. The predicted molar refractivity (Wildman–Crippen MR) is 91.1 cm³/mol. The highest BCUT2D eigenvalue weighted by atomic mass is 32.2. The zero-order valence-electron chi connectivity index (χ0n) is 14.3. The van der Waals surface area contributed by atoms with Crippen LogP contribution in [0.2, 0.25) is 0 Å². The maximum absolute atomic E-state index is 12.6. The van der Waals surface area contributed by atoms with Gasteiger partial charge in [0.2, 0.25) is 5.91 Å². The molecule has 138 valence electrons. The van der Waals surface area contributed by atoms with Crippen LogP contribution < -0.4 is 5.32 Å². The van der Waals surface area contributed by atoms with Crippen LogP contribution in [0.1, 0.15) is 45.1 Å². The van der Waals surface area contributed by atoms with Crippen molar-refractivity contribution < 1.29 is 18.0 Å². The van der Waals surface area contributed by atoms with Gasteiger partial charge < -0.3 is 5.32 Å². The summed E-state index contributed by atoms with van der Waals surface area (Å²) in [4.78, 5) is 16.2. The number of nitrogens with zero attached hydrogens (tertiary/aromatic N) is 1. The molecule has 2 bridgehead atoms. The van der Waals surface area contributed by atoms with E-state index in [1.807, 2.05) is 0 Å². The van der Waals surface area contributed by atoms with Crippen molar-refractivity contribution in [2.75, 3.05) is 0 Å². The lowest BCUT2D eigenvalue weighted by atomic mass is 9.84. The van der Waals surface area contributed by atoms with Gasteiger partial charge in [-0.15, -0.1) is 0 Å². The van der Waals surface area contributed by atoms with E-state index in [0.29, 0.717) is 10.9 Å². The minimum Gasteiger partial charge on any atom is -0.352 e. The van der Waals surface area contributed by atoms with Crippen molar-refractivity contribution in [3.63, 3.8) is 0 Å². The van der Waals surface area contributed by atoms with Gasteiger partial charge in [-0.3, -0.25) is 4.79 Å². The number of hydrogen-bond acceptors (Lipinski definition) is 3. The van der Waals surface area contributed by atoms with Crippen molar-refractivity contribution in [2.45, 2.75) is 62.0 Å². The van der Waals surface area contributed by atoms with Gasteiger partial charge >= 0.3 is 6.18 Å². The van der Waals surface area contributed by atoms with Gasteiger partial charge in [-0.25, -0.2) is 4.98 Å². The van der Waals surface area contributed by atoms with Crippen molar-refractivity contribution in [3.8, 4) is 0 Å². The molecule has 3 nitrogen and oxygen atoms in total. The average Bonchev–Trinajstić information content (AvgIpc) is 3.17. The Balaban J connectivity index is 1.52. The summed E-state index contributed by atoms with van der Waals surface area (Å²) in [5.41, 5.74) is -0.779. The fourth-order valence-electron chi connectivity index (χ4n) is 4.21. The zero-order valence-corrected chi connectivity index (χ0v) is 15.2. The molecule has 1 N–H and O–H groups in total. The molecular formula is C18H23F3N2OS. The van der Waals surface area contributed by atoms with Crippen LogP contribution in [-0.2, 0) is 11.0 Å².